The van der Waals surface area contributed by atoms with E-state index in [2.05, 4.69) is 5.32 Å². The molecule has 39 heavy (non-hydrogen) atoms. The van der Waals surface area contributed by atoms with Gasteiger partial charge in [0, 0.05) is 13.1 Å². The number of carbonyl (C=O) groups excluding carboxylic acids is 2. The van der Waals surface area contributed by atoms with Crippen LogP contribution in [-0.4, -0.2) is 51.4 Å². The molecule has 0 aromatic heterocycles. The molecular weight excluding hydrogens is 514 g/mol. The maximum absolute atomic E-state index is 14.0. The summed E-state index contributed by atoms with van der Waals surface area (Å²) in [5, 5.41) is 2.89. The molecule has 0 aliphatic rings. The van der Waals surface area contributed by atoms with E-state index in [1.54, 1.807) is 75.6 Å². The fourth-order valence-corrected chi connectivity index (χ4v) is 5.58. The number of hydrogen-bond acceptors (Lipinski definition) is 5. The normalized spacial score (nSPS) is 12.1. The molecule has 0 bridgehead atoms. The van der Waals surface area contributed by atoms with Crippen LogP contribution < -0.4 is 14.4 Å². The van der Waals surface area contributed by atoms with E-state index < -0.39 is 28.5 Å². The number of nitrogens with zero attached hydrogens (tertiary/aromatic N) is 2. The van der Waals surface area contributed by atoms with Gasteiger partial charge in [0.15, 0.2) is 0 Å². The number of ether oxygens (including phenoxy) is 1. The molecule has 0 aliphatic heterocycles. The van der Waals surface area contributed by atoms with Crippen molar-refractivity contribution in [3.05, 3.63) is 90.0 Å². The lowest BCUT2D eigenvalue weighted by Gasteiger charge is -2.32. The maximum atomic E-state index is 14.0. The number of anilines is 1. The zero-order chi connectivity index (χ0) is 28.6. The minimum Gasteiger partial charge on any atom is -0.497 e. The standard InChI is InChI=1S/C30H37N3O5S/c1-22(2)19-31-30(35)24(4)32(20-25-13-11-14-26(18-25)38-5)29(34)21-33(28-17-10-9-12-23(28)3)39(36,37)27-15-7-6-8-16-27/h6-18,22,24H,19-21H2,1-5H3,(H,31,35). The van der Waals surface area contributed by atoms with E-state index in [9.17, 15) is 18.0 Å². The van der Waals surface area contributed by atoms with Crippen LogP contribution in [0.2, 0.25) is 0 Å². The van der Waals surface area contributed by atoms with Crippen LogP contribution in [-0.2, 0) is 26.2 Å². The maximum Gasteiger partial charge on any atom is 0.264 e. The summed E-state index contributed by atoms with van der Waals surface area (Å²) in [5.41, 5.74) is 1.85. The Morgan fingerprint density at radius 2 is 1.59 bits per heavy atom. The molecule has 3 aromatic carbocycles. The van der Waals surface area contributed by atoms with Crippen LogP contribution >= 0.6 is 0 Å². The van der Waals surface area contributed by atoms with Crippen LogP contribution in [0.5, 0.6) is 5.75 Å². The molecule has 0 heterocycles. The largest absolute Gasteiger partial charge is 0.497 e. The molecule has 2 amide bonds. The number of hydrogen-bond donors (Lipinski definition) is 1. The van der Waals surface area contributed by atoms with Gasteiger partial charge in [0.05, 0.1) is 17.7 Å². The summed E-state index contributed by atoms with van der Waals surface area (Å²) in [6.07, 6.45) is 0. The van der Waals surface area contributed by atoms with Crippen molar-refractivity contribution in [3.63, 3.8) is 0 Å². The SMILES string of the molecule is COc1cccc(CN(C(=O)CN(c2ccccc2C)S(=O)(=O)c2ccccc2)C(C)C(=O)NCC(C)C)c1. The Morgan fingerprint density at radius 1 is 0.923 bits per heavy atom. The summed E-state index contributed by atoms with van der Waals surface area (Å²) < 4.78 is 34.1. The predicted molar refractivity (Wildman–Crippen MR) is 153 cm³/mol. The van der Waals surface area contributed by atoms with E-state index in [1.807, 2.05) is 26.0 Å². The molecule has 0 saturated carbocycles. The van der Waals surface area contributed by atoms with Crippen molar-refractivity contribution >= 4 is 27.5 Å². The van der Waals surface area contributed by atoms with Gasteiger partial charge in [0.2, 0.25) is 11.8 Å². The third kappa shape index (κ3) is 7.60. The number of sulfonamides is 1. The molecule has 0 fully saturated rings. The Kier molecular flexibility index (Phi) is 10.1. The minimum absolute atomic E-state index is 0.0723. The average Bonchev–Trinajstić information content (AvgIpc) is 2.93. The highest BCUT2D eigenvalue weighted by Gasteiger charge is 2.33. The van der Waals surface area contributed by atoms with Crippen LogP contribution in [0.4, 0.5) is 5.69 Å². The van der Waals surface area contributed by atoms with Crippen LogP contribution in [0, 0.1) is 12.8 Å². The predicted octanol–water partition coefficient (Wildman–Crippen LogP) is 4.39. The first-order valence-electron chi connectivity index (χ1n) is 12.9. The van der Waals surface area contributed by atoms with Crippen molar-refractivity contribution in [1.82, 2.24) is 10.2 Å². The molecule has 3 aromatic rings. The first kappa shape index (κ1) is 29.7. The molecule has 9 heteroatoms. The summed E-state index contributed by atoms with van der Waals surface area (Å²) in [5.74, 6) is 0.0299. The van der Waals surface area contributed by atoms with Gasteiger partial charge in [-0.05, 0) is 61.2 Å². The Bertz CT molecular complexity index is 1380. The number of benzene rings is 3. The minimum atomic E-state index is -4.09. The molecule has 8 nitrogen and oxygen atoms in total. The van der Waals surface area contributed by atoms with Crippen molar-refractivity contribution < 1.29 is 22.7 Å². The fourth-order valence-electron chi connectivity index (χ4n) is 4.08. The Balaban J connectivity index is 2.02. The monoisotopic (exact) mass is 551 g/mol. The second kappa shape index (κ2) is 13.3. The Hall–Kier alpha value is -3.85. The molecule has 0 aliphatic carbocycles. The number of amides is 2. The second-order valence-corrected chi connectivity index (χ2v) is 11.7. The van der Waals surface area contributed by atoms with Gasteiger partial charge in [-0.2, -0.15) is 0 Å². The number of aryl methyl sites for hydroxylation is 1. The van der Waals surface area contributed by atoms with E-state index in [1.165, 1.54) is 17.0 Å². The number of nitrogens with one attached hydrogen (secondary N) is 1. The van der Waals surface area contributed by atoms with E-state index in [0.29, 0.717) is 23.5 Å². The third-order valence-corrected chi connectivity index (χ3v) is 8.11. The number of para-hydroxylation sites is 1. The summed E-state index contributed by atoms with van der Waals surface area (Å²) >= 11 is 0. The first-order chi connectivity index (χ1) is 18.5. The quantitative estimate of drug-likeness (QED) is 0.360. The molecule has 0 radical (unpaired) electrons. The summed E-state index contributed by atoms with van der Waals surface area (Å²) in [4.78, 5) is 28.5. The van der Waals surface area contributed by atoms with E-state index >= 15 is 0 Å². The van der Waals surface area contributed by atoms with Crippen molar-refractivity contribution in [2.75, 3.05) is 24.5 Å². The van der Waals surface area contributed by atoms with Gasteiger partial charge in [0.25, 0.3) is 10.0 Å². The van der Waals surface area contributed by atoms with E-state index in [-0.39, 0.29) is 23.3 Å². The average molecular weight is 552 g/mol. The van der Waals surface area contributed by atoms with Crippen molar-refractivity contribution in [3.8, 4) is 5.75 Å². The molecular formula is C30H37N3O5S. The molecule has 3 rings (SSSR count). The highest BCUT2D eigenvalue weighted by atomic mass is 32.2. The van der Waals surface area contributed by atoms with E-state index in [4.69, 9.17) is 4.74 Å². The summed E-state index contributed by atoms with van der Waals surface area (Å²) in [6.45, 7) is 7.49. The highest BCUT2D eigenvalue weighted by Crippen LogP contribution is 2.27. The summed E-state index contributed by atoms with van der Waals surface area (Å²) in [7, 11) is -2.54. The second-order valence-electron chi connectivity index (χ2n) is 9.80. The molecule has 1 N–H and O–H groups in total. The zero-order valence-corrected chi connectivity index (χ0v) is 23.9. The molecule has 1 unspecified atom stereocenters. The molecule has 1 atom stereocenters. The van der Waals surface area contributed by atoms with Gasteiger partial charge in [-0.1, -0.05) is 62.4 Å². The van der Waals surface area contributed by atoms with Gasteiger partial charge in [0.1, 0.15) is 18.3 Å². The number of methoxy groups -OCH3 is 1. The topological polar surface area (TPSA) is 96.0 Å². The smallest absolute Gasteiger partial charge is 0.264 e. The van der Waals surface area contributed by atoms with Crippen molar-refractivity contribution in [2.24, 2.45) is 5.92 Å². The van der Waals surface area contributed by atoms with Crippen LogP contribution in [0.15, 0.2) is 83.8 Å². The molecule has 0 spiro atoms. The van der Waals surface area contributed by atoms with Gasteiger partial charge < -0.3 is 15.0 Å². The Morgan fingerprint density at radius 3 is 2.23 bits per heavy atom. The van der Waals surface area contributed by atoms with Gasteiger partial charge in [-0.15, -0.1) is 0 Å². The zero-order valence-electron chi connectivity index (χ0n) is 23.1. The van der Waals surface area contributed by atoms with E-state index in [0.717, 1.165) is 9.87 Å². The van der Waals surface area contributed by atoms with Crippen molar-refractivity contribution in [1.29, 1.82) is 0 Å². The Labute approximate surface area is 231 Å². The van der Waals surface area contributed by atoms with Crippen LogP contribution in [0.3, 0.4) is 0 Å². The van der Waals surface area contributed by atoms with Gasteiger partial charge >= 0.3 is 0 Å². The van der Waals surface area contributed by atoms with Crippen LogP contribution in [0.25, 0.3) is 0 Å². The number of carbonyl (C=O) groups is 2. The van der Waals surface area contributed by atoms with Crippen LogP contribution in [0.1, 0.15) is 31.9 Å². The van der Waals surface area contributed by atoms with Gasteiger partial charge in [-0.3, -0.25) is 13.9 Å². The van der Waals surface area contributed by atoms with Crippen molar-refractivity contribution in [2.45, 2.75) is 45.2 Å². The summed E-state index contributed by atoms with van der Waals surface area (Å²) in [6, 6.07) is 21.4. The lowest BCUT2D eigenvalue weighted by molar-refractivity contribution is -0.139. The third-order valence-electron chi connectivity index (χ3n) is 6.33. The molecule has 0 saturated heterocycles. The highest BCUT2D eigenvalue weighted by molar-refractivity contribution is 7.92. The lowest BCUT2D eigenvalue weighted by atomic mass is 10.1. The lowest BCUT2D eigenvalue weighted by Crippen LogP contribution is -2.51. The molecule has 208 valence electrons. The van der Waals surface area contributed by atoms with Gasteiger partial charge in [-0.25, -0.2) is 8.42 Å². The fraction of sp³-hybridized carbons (Fsp3) is 0.333. The first-order valence-corrected chi connectivity index (χ1v) is 14.3. The number of rotatable bonds is 12.